The monoisotopic (exact) mass is 290 g/mol. The van der Waals surface area contributed by atoms with Gasteiger partial charge in [-0.2, -0.15) is 14.9 Å². The highest BCUT2D eigenvalue weighted by atomic mass is 32.1. The summed E-state index contributed by atoms with van der Waals surface area (Å²) in [6.45, 7) is 2.93. The molecular formula is C14H18N4OS. The van der Waals surface area contributed by atoms with Gasteiger partial charge >= 0.3 is 0 Å². The Morgan fingerprint density at radius 3 is 3.10 bits per heavy atom. The lowest BCUT2D eigenvalue weighted by Crippen LogP contribution is -1.97. The van der Waals surface area contributed by atoms with E-state index in [1.807, 2.05) is 24.3 Å². The van der Waals surface area contributed by atoms with Crippen molar-refractivity contribution in [3.63, 3.8) is 0 Å². The van der Waals surface area contributed by atoms with Crippen LogP contribution in [0.4, 0.5) is 0 Å². The van der Waals surface area contributed by atoms with Gasteiger partial charge in [-0.1, -0.05) is 31.9 Å². The molecular weight excluding hydrogens is 272 g/mol. The number of nitrogens with zero attached hydrogens (tertiary/aromatic N) is 3. The zero-order chi connectivity index (χ0) is 14.2. The van der Waals surface area contributed by atoms with Crippen LogP contribution in [0.15, 0.2) is 35.7 Å². The van der Waals surface area contributed by atoms with Crippen LogP contribution < -0.4 is 4.74 Å². The van der Waals surface area contributed by atoms with Crippen molar-refractivity contribution in [2.24, 2.45) is 5.10 Å². The van der Waals surface area contributed by atoms with Gasteiger partial charge in [-0.15, -0.1) is 0 Å². The average Bonchev–Trinajstić information content (AvgIpc) is 2.87. The lowest BCUT2D eigenvalue weighted by molar-refractivity contribution is 0.306. The molecule has 0 bridgehead atoms. The second-order valence-corrected chi connectivity index (χ2v) is 4.77. The molecule has 0 saturated heterocycles. The summed E-state index contributed by atoms with van der Waals surface area (Å²) in [4.78, 5) is 0. The number of hydrogen-bond acceptors (Lipinski definition) is 4. The Morgan fingerprint density at radius 1 is 1.45 bits per heavy atom. The first-order valence-corrected chi connectivity index (χ1v) is 7.09. The zero-order valence-electron chi connectivity index (χ0n) is 11.5. The van der Waals surface area contributed by atoms with Crippen molar-refractivity contribution in [2.45, 2.75) is 26.2 Å². The Balaban J connectivity index is 1.97. The minimum absolute atomic E-state index is 0.466. The molecule has 0 atom stereocenters. The second-order valence-electron chi connectivity index (χ2n) is 4.38. The number of aromatic nitrogens is 3. The number of rotatable bonds is 7. The number of hydrogen-bond donors (Lipinski definition) is 1. The third kappa shape index (κ3) is 4.31. The van der Waals surface area contributed by atoms with Gasteiger partial charge in [0, 0.05) is 0 Å². The molecule has 2 aromatic rings. The molecule has 1 aromatic carbocycles. The van der Waals surface area contributed by atoms with Crippen LogP contribution in [0.2, 0.25) is 0 Å². The third-order valence-electron chi connectivity index (χ3n) is 2.74. The van der Waals surface area contributed by atoms with Crippen molar-refractivity contribution in [1.82, 2.24) is 14.9 Å². The fourth-order valence-electron chi connectivity index (χ4n) is 1.68. The molecule has 0 aliphatic carbocycles. The number of H-pyrrole nitrogens is 1. The smallest absolute Gasteiger partial charge is 0.216 e. The molecule has 1 N–H and O–H groups in total. The largest absolute Gasteiger partial charge is 0.494 e. The fraction of sp³-hybridized carbons (Fsp3) is 0.357. The molecule has 1 heterocycles. The Bertz CT molecular complexity index is 617. The molecule has 20 heavy (non-hydrogen) atoms. The lowest BCUT2D eigenvalue weighted by Gasteiger charge is -2.05. The van der Waals surface area contributed by atoms with Crippen LogP contribution in [0, 0.1) is 4.77 Å². The number of benzene rings is 1. The highest BCUT2D eigenvalue weighted by Gasteiger charge is 1.96. The first kappa shape index (κ1) is 14.5. The minimum atomic E-state index is 0.466. The molecule has 0 radical (unpaired) electrons. The third-order valence-corrected chi connectivity index (χ3v) is 3.02. The van der Waals surface area contributed by atoms with Crippen LogP contribution in [0.3, 0.4) is 0 Å². The SMILES string of the molecule is CCCCCOc1cccc(/C=N/n2cn[nH]c2=S)c1. The Morgan fingerprint density at radius 2 is 2.35 bits per heavy atom. The van der Waals surface area contributed by atoms with E-state index in [1.54, 1.807) is 6.21 Å². The van der Waals surface area contributed by atoms with E-state index < -0.39 is 0 Å². The summed E-state index contributed by atoms with van der Waals surface area (Å²) in [6.07, 6.45) is 6.73. The molecule has 5 nitrogen and oxygen atoms in total. The normalized spacial score (nSPS) is 11.1. The molecule has 0 aliphatic rings. The molecule has 2 rings (SSSR count). The molecule has 0 amide bonds. The standard InChI is InChI=1S/C14H18N4OS/c1-2-3-4-8-19-13-7-5-6-12(9-13)10-16-18-11-15-17-14(18)20/h5-7,9-11H,2-4,8H2,1H3,(H,17,20)/b16-10+. The quantitative estimate of drug-likeness (QED) is 0.483. The van der Waals surface area contributed by atoms with Crippen molar-refractivity contribution < 1.29 is 4.74 Å². The van der Waals surface area contributed by atoms with Crippen LogP contribution in [0.5, 0.6) is 5.75 Å². The van der Waals surface area contributed by atoms with E-state index in [2.05, 4.69) is 22.2 Å². The molecule has 0 spiro atoms. The van der Waals surface area contributed by atoms with E-state index in [0.717, 1.165) is 24.3 Å². The topological polar surface area (TPSA) is 55.2 Å². The van der Waals surface area contributed by atoms with Gasteiger partial charge in [0.2, 0.25) is 4.77 Å². The van der Waals surface area contributed by atoms with Crippen molar-refractivity contribution in [1.29, 1.82) is 0 Å². The summed E-state index contributed by atoms with van der Waals surface area (Å²) in [5.41, 5.74) is 0.959. The minimum Gasteiger partial charge on any atom is -0.494 e. The maximum Gasteiger partial charge on any atom is 0.216 e. The highest BCUT2D eigenvalue weighted by molar-refractivity contribution is 7.71. The van der Waals surface area contributed by atoms with Gasteiger partial charge in [-0.3, -0.25) is 5.10 Å². The highest BCUT2D eigenvalue weighted by Crippen LogP contribution is 2.12. The molecule has 0 fully saturated rings. The summed E-state index contributed by atoms with van der Waals surface area (Å²) in [5, 5.41) is 10.7. The molecule has 106 valence electrons. The van der Waals surface area contributed by atoms with Gasteiger partial charge in [0.1, 0.15) is 12.1 Å². The van der Waals surface area contributed by atoms with Crippen molar-refractivity contribution in [3.8, 4) is 5.75 Å². The predicted molar refractivity (Wildman–Crippen MR) is 81.9 cm³/mol. The van der Waals surface area contributed by atoms with Crippen LogP contribution in [0.25, 0.3) is 0 Å². The first-order valence-electron chi connectivity index (χ1n) is 6.69. The summed E-state index contributed by atoms with van der Waals surface area (Å²) < 4.78 is 7.67. The van der Waals surface area contributed by atoms with Crippen molar-refractivity contribution in [3.05, 3.63) is 40.9 Å². The van der Waals surface area contributed by atoms with Gasteiger partial charge in [0.05, 0.1) is 12.8 Å². The van der Waals surface area contributed by atoms with E-state index in [1.165, 1.54) is 23.8 Å². The molecule has 1 aromatic heterocycles. The summed E-state index contributed by atoms with van der Waals surface area (Å²) in [7, 11) is 0. The number of aromatic amines is 1. The van der Waals surface area contributed by atoms with Gasteiger partial charge in [0.15, 0.2) is 0 Å². The van der Waals surface area contributed by atoms with Crippen LogP contribution in [-0.2, 0) is 0 Å². The predicted octanol–water partition coefficient (Wildman–Crippen LogP) is 3.39. The Labute approximate surface area is 123 Å². The van der Waals surface area contributed by atoms with Crippen molar-refractivity contribution >= 4 is 18.4 Å². The van der Waals surface area contributed by atoms with Gasteiger partial charge in [-0.05, 0) is 36.3 Å². The second kappa shape index (κ2) is 7.59. The summed E-state index contributed by atoms with van der Waals surface area (Å²) in [5.74, 6) is 0.862. The summed E-state index contributed by atoms with van der Waals surface area (Å²) >= 11 is 5.02. The zero-order valence-corrected chi connectivity index (χ0v) is 12.3. The van der Waals surface area contributed by atoms with Crippen LogP contribution >= 0.6 is 12.2 Å². The number of unbranched alkanes of at least 4 members (excludes halogenated alkanes) is 2. The van der Waals surface area contributed by atoms with E-state index in [9.17, 15) is 0 Å². The van der Waals surface area contributed by atoms with E-state index in [-0.39, 0.29) is 0 Å². The molecule has 0 saturated carbocycles. The summed E-state index contributed by atoms with van der Waals surface area (Å²) in [6, 6.07) is 7.82. The maximum atomic E-state index is 5.70. The van der Waals surface area contributed by atoms with Gasteiger partial charge in [0.25, 0.3) is 0 Å². The lowest BCUT2D eigenvalue weighted by atomic mass is 10.2. The Hall–Kier alpha value is -1.95. The molecule has 6 heteroatoms. The fourth-order valence-corrected chi connectivity index (χ4v) is 1.83. The van der Waals surface area contributed by atoms with E-state index >= 15 is 0 Å². The first-order chi connectivity index (χ1) is 9.79. The number of ether oxygens (including phenoxy) is 1. The van der Waals surface area contributed by atoms with E-state index in [0.29, 0.717) is 4.77 Å². The van der Waals surface area contributed by atoms with Crippen molar-refractivity contribution in [2.75, 3.05) is 6.61 Å². The van der Waals surface area contributed by atoms with Gasteiger partial charge in [-0.25, -0.2) is 0 Å². The Kier molecular flexibility index (Phi) is 5.49. The average molecular weight is 290 g/mol. The van der Waals surface area contributed by atoms with Crippen LogP contribution in [0.1, 0.15) is 31.7 Å². The maximum absolute atomic E-state index is 5.70. The van der Waals surface area contributed by atoms with E-state index in [4.69, 9.17) is 17.0 Å². The molecule has 0 unspecified atom stereocenters. The van der Waals surface area contributed by atoms with Gasteiger partial charge < -0.3 is 4.74 Å². The van der Waals surface area contributed by atoms with Crippen LogP contribution in [-0.4, -0.2) is 27.7 Å². The number of nitrogens with one attached hydrogen (secondary N) is 1. The molecule has 0 aliphatic heterocycles.